The molecule has 2 N–H and O–H groups in total. The van der Waals surface area contributed by atoms with Crippen LogP contribution in [0.4, 0.5) is 5.69 Å². The predicted molar refractivity (Wildman–Crippen MR) is 82.6 cm³/mol. The lowest BCUT2D eigenvalue weighted by Gasteiger charge is -2.06. The average Bonchev–Trinajstić information content (AvgIpc) is 2.50. The van der Waals surface area contributed by atoms with Gasteiger partial charge in [-0.15, -0.1) is 0 Å². The van der Waals surface area contributed by atoms with Crippen LogP contribution < -0.4 is 5.32 Å². The summed E-state index contributed by atoms with van der Waals surface area (Å²) >= 11 is 0. The van der Waals surface area contributed by atoms with Gasteiger partial charge in [0, 0.05) is 24.9 Å². The van der Waals surface area contributed by atoms with Crippen LogP contribution in [0.25, 0.3) is 0 Å². The number of sulfonamides is 1. The highest BCUT2D eigenvalue weighted by Crippen LogP contribution is 2.24. The van der Waals surface area contributed by atoms with Gasteiger partial charge >= 0.3 is 0 Å². The van der Waals surface area contributed by atoms with Crippen molar-refractivity contribution >= 4 is 21.4 Å². The zero-order chi connectivity index (χ0) is 16.6. The number of hydrogen-bond donors (Lipinski definition) is 2. The molecule has 0 radical (unpaired) electrons. The van der Waals surface area contributed by atoms with Crippen molar-refractivity contribution in [3.05, 3.63) is 34.4 Å². The van der Waals surface area contributed by atoms with Gasteiger partial charge in [-0.05, 0) is 25.5 Å². The van der Waals surface area contributed by atoms with Crippen molar-refractivity contribution in [3.63, 3.8) is 0 Å². The summed E-state index contributed by atoms with van der Waals surface area (Å²) in [6, 6.07) is 5.12. The second-order valence-electron chi connectivity index (χ2n) is 4.46. The summed E-state index contributed by atoms with van der Waals surface area (Å²) in [6.45, 7) is 2.57. The van der Waals surface area contributed by atoms with Crippen LogP contribution >= 0.6 is 0 Å². The van der Waals surface area contributed by atoms with Gasteiger partial charge in [-0.3, -0.25) is 10.1 Å². The third-order valence-corrected chi connectivity index (χ3v) is 4.24. The highest BCUT2D eigenvalue weighted by molar-refractivity contribution is 7.90. The van der Waals surface area contributed by atoms with Crippen LogP contribution in [0, 0.1) is 10.1 Å². The maximum Gasteiger partial charge on any atom is 0.289 e. The number of aliphatic hydroxyl groups is 1. The Morgan fingerprint density at radius 3 is 2.68 bits per heavy atom. The molecule has 1 aromatic rings. The number of hydrogen-bond acceptors (Lipinski definition) is 6. The highest BCUT2D eigenvalue weighted by Gasteiger charge is 2.24. The summed E-state index contributed by atoms with van der Waals surface area (Å²) in [4.78, 5) is 9.77. The molecule has 0 aliphatic heterocycles. The fourth-order valence-corrected chi connectivity index (χ4v) is 2.99. The molecule has 0 fully saturated rings. The second-order valence-corrected chi connectivity index (χ2v) is 6.04. The summed E-state index contributed by atoms with van der Waals surface area (Å²) in [5, 5.41) is 22.6. The molecule has 0 saturated heterocycles. The van der Waals surface area contributed by atoms with Crippen molar-refractivity contribution in [2.24, 2.45) is 4.40 Å². The van der Waals surface area contributed by atoms with Crippen molar-refractivity contribution in [2.75, 3.05) is 19.7 Å². The fourth-order valence-electron chi connectivity index (χ4n) is 1.70. The molecule has 0 aliphatic rings. The van der Waals surface area contributed by atoms with Gasteiger partial charge in [0.1, 0.15) is 0 Å². The van der Waals surface area contributed by atoms with Gasteiger partial charge in [-0.2, -0.15) is 12.8 Å². The quantitative estimate of drug-likeness (QED) is 0.303. The molecular weight excluding hydrogens is 310 g/mol. The summed E-state index contributed by atoms with van der Waals surface area (Å²) in [7, 11) is -4.13. The van der Waals surface area contributed by atoms with Crippen LogP contribution in [0.2, 0.25) is 0 Å². The van der Waals surface area contributed by atoms with Crippen molar-refractivity contribution < 1.29 is 18.4 Å². The monoisotopic (exact) mass is 329 g/mol. The van der Waals surface area contributed by atoms with Gasteiger partial charge in [-0.25, -0.2) is 0 Å². The first-order valence-corrected chi connectivity index (χ1v) is 8.24. The van der Waals surface area contributed by atoms with Gasteiger partial charge in [0.15, 0.2) is 4.90 Å². The van der Waals surface area contributed by atoms with Gasteiger partial charge in [0.2, 0.25) is 0 Å². The largest absolute Gasteiger partial charge is 0.396 e. The third-order valence-electron chi connectivity index (χ3n) is 2.84. The van der Waals surface area contributed by atoms with E-state index in [-0.39, 0.29) is 13.2 Å². The van der Waals surface area contributed by atoms with Crippen molar-refractivity contribution in [1.29, 1.82) is 0 Å². The van der Waals surface area contributed by atoms with Crippen LogP contribution in [0.1, 0.15) is 19.8 Å². The van der Waals surface area contributed by atoms with E-state index < -0.39 is 25.5 Å². The first-order valence-electron chi connectivity index (χ1n) is 6.80. The molecule has 1 aromatic carbocycles. The molecule has 0 atom stereocenters. The number of para-hydroxylation sites is 1. The van der Waals surface area contributed by atoms with E-state index in [0.29, 0.717) is 25.1 Å². The predicted octanol–water partition coefficient (Wildman–Crippen LogP) is 1.11. The molecule has 0 spiro atoms. The molecule has 0 aromatic heterocycles. The van der Waals surface area contributed by atoms with Crippen molar-refractivity contribution in [3.8, 4) is 0 Å². The molecule has 0 bridgehead atoms. The number of nitrogens with zero attached hydrogens (tertiary/aromatic N) is 2. The first-order chi connectivity index (χ1) is 10.4. The molecule has 0 aliphatic carbocycles. The molecule has 0 saturated carbocycles. The maximum atomic E-state index is 12.3. The van der Waals surface area contributed by atoms with Crippen molar-refractivity contribution in [1.82, 2.24) is 5.32 Å². The lowest BCUT2D eigenvalue weighted by Crippen LogP contribution is -2.25. The van der Waals surface area contributed by atoms with Gasteiger partial charge in [0.05, 0.1) is 4.92 Å². The summed E-state index contributed by atoms with van der Waals surface area (Å²) in [5.41, 5.74) is -0.119. The molecule has 0 amide bonds. The molecule has 22 heavy (non-hydrogen) atoms. The Bertz CT molecular complexity index is 643. The second kappa shape index (κ2) is 8.57. The van der Waals surface area contributed by atoms with E-state index in [1.165, 1.54) is 18.2 Å². The molecule has 9 heteroatoms. The smallest absolute Gasteiger partial charge is 0.289 e. The summed E-state index contributed by atoms with van der Waals surface area (Å²) < 4.78 is 28.2. The minimum atomic E-state index is -4.13. The Balaban J connectivity index is 3.02. The Kier molecular flexibility index (Phi) is 7.09. The summed E-state index contributed by atoms with van der Waals surface area (Å²) in [5.74, 6) is 0. The van der Waals surface area contributed by atoms with E-state index in [4.69, 9.17) is 5.11 Å². The lowest BCUT2D eigenvalue weighted by molar-refractivity contribution is -0.387. The summed E-state index contributed by atoms with van der Waals surface area (Å²) in [6.07, 6.45) is 0.944. The number of benzene rings is 1. The maximum absolute atomic E-state index is 12.3. The van der Waals surface area contributed by atoms with E-state index in [9.17, 15) is 18.5 Å². The third kappa shape index (κ3) is 5.17. The minimum Gasteiger partial charge on any atom is -0.396 e. The number of nitro benzene ring substituents is 1. The fraction of sp³-hybridized carbons (Fsp3) is 0.462. The Hall–Kier alpha value is -1.84. The van der Waals surface area contributed by atoms with Gasteiger partial charge in [0.25, 0.3) is 15.7 Å². The van der Waals surface area contributed by atoms with Crippen LogP contribution in [0.3, 0.4) is 0 Å². The van der Waals surface area contributed by atoms with Crippen LogP contribution in [-0.2, 0) is 10.0 Å². The van der Waals surface area contributed by atoms with Gasteiger partial charge < -0.3 is 10.4 Å². The normalized spacial score (nSPS) is 12.4. The SMILES string of the molecule is CC/C(CNCCCO)=N\S(=O)(=O)c1ccccc1[N+](=O)[O-]. The Labute approximate surface area is 129 Å². The molecule has 8 nitrogen and oxygen atoms in total. The van der Waals surface area contributed by atoms with Crippen LogP contribution in [-0.4, -0.2) is 43.9 Å². The zero-order valence-corrected chi connectivity index (χ0v) is 13.0. The Morgan fingerprint density at radius 1 is 1.41 bits per heavy atom. The standard InChI is InChI=1S/C13H19N3O5S/c1-2-11(10-14-8-5-9-17)15-22(20,21)13-7-4-3-6-12(13)16(18)19/h3-4,6-7,14,17H,2,5,8-10H2,1H3/b15-11+. The van der Waals surface area contributed by atoms with E-state index in [0.717, 1.165) is 6.07 Å². The molecule has 0 unspecified atom stereocenters. The molecule has 122 valence electrons. The number of nitrogens with one attached hydrogen (secondary N) is 1. The molecule has 1 rings (SSSR count). The number of rotatable bonds is 9. The Morgan fingerprint density at radius 2 is 2.09 bits per heavy atom. The van der Waals surface area contributed by atoms with E-state index in [2.05, 4.69) is 9.71 Å². The van der Waals surface area contributed by atoms with Crippen molar-refractivity contribution in [2.45, 2.75) is 24.7 Å². The number of aliphatic hydroxyl groups excluding tert-OH is 1. The van der Waals surface area contributed by atoms with E-state index in [1.807, 2.05) is 0 Å². The topological polar surface area (TPSA) is 122 Å². The van der Waals surface area contributed by atoms with Gasteiger partial charge in [-0.1, -0.05) is 19.1 Å². The van der Waals surface area contributed by atoms with Crippen LogP contribution in [0.5, 0.6) is 0 Å². The average molecular weight is 329 g/mol. The minimum absolute atomic E-state index is 0.0418. The lowest BCUT2D eigenvalue weighted by atomic mass is 10.3. The number of nitro groups is 1. The zero-order valence-electron chi connectivity index (χ0n) is 12.2. The van der Waals surface area contributed by atoms with E-state index >= 15 is 0 Å². The molecular formula is C13H19N3O5S. The highest BCUT2D eigenvalue weighted by atomic mass is 32.2. The molecule has 0 heterocycles. The van der Waals surface area contributed by atoms with Crippen LogP contribution in [0.15, 0.2) is 33.6 Å². The van der Waals surface area contributed by atoms with E-state index in [1.54, 1.807) is 6.92 Å². The first kappa shape index (κ1) is 18.2.